The van der Waals surface area contributed by atoms with Crippen LogP contribution in [-0.4, -0.2) is 29.7 Å². The monoisotopic (exact) mass is 242 g/mol. The number of carbonyl (C=O) groups is 2. The van der Waals surface area contributed by atoms with E-state index >= 15 is 0 Å². The van der Waals surface area contributed by atoms with Crippen LogP contribution in [0.15, 0.2) is 0 Å². The second-order valence-electron chi connectivity index (χ2n) is 4.91. The highest BCUT2D eigenvalue weighted by atomic mass is 16.4. The van der Waals surface area contributed by atoms with Crippen LogP contribution in [0.4, 0.5) is 4.79 Å². The van der Waals surface area contributed by atoms with E-state index in [4.69, 9.17) is 5.11 Å². The predicted molar refractivity (Wildman–Crippen MR) is 64.8 cm³/mol. The lowest BCUT2D eigenvalue weighted by molar-refractivity contribution is -0.141. The average Bonchev–Trinajstić information content (AvgIpc) is 2.74. The molecule has 2 amide bonds. The molecule has 17 heavy (non-hydrogen) atoms. The molecule has 0 heterocycles. The van der Waals surface area contributed by atoms with Gasteiger partial charge in [-0.05, 0) is 25.2 Å². The van der Waals surface area contributed by atoms with E-state index in [1.807, 2.05) is 0 Å². The third-order valence-electron chi connectivity index (χ3n) is 3.43. The molecule has 0 aliphatic heterocycles. The molecule has 1 saturated carbocycles. The van der Waals surface area contributed by atoms with Gasteiger partial charge in [0.05, 0.1) is 5.92 Å². The van der Waals surface area contributed by atoms with Gasteiger partial charge in [0.1, 0.15) is 0 Å². The Bertz CT molecular complexity index is 281. The predicted octanol–water partition coefficient (Wildman–Crippen LogP) is 1.58. The summed E-state index contributed by atoms with van der Waals surface area (Å²) in [6.45, 7) is 4.83. The summed E-state index contributed by atoms with van der Waals surface area (Å²) in [5.74, 6) is -0.583. The summed E-state index contributed by atoms with van der Waals surface area (Å²) in [5.41, 5.74) is 0. The van der Waals surface area contributed by atoms with Gasteiger partial charge in [0.25, 0.3) is 0 Å². The van der Waals surface area contributed by atoms with Gasteiger partial charge in [0.2, 0.25) is 0 Å². The molecule has 0 aromatic heterocycles. The lowest BCUT2D eigenvalue weighted by atomic mass is 10.1. The van der Waals surface area contributed by atoms with E-state index < -0.39 is 5.97 Å². The molecule has 3 N–H and O–H groups in total. The molecule has 0 spiro atoms. The lowest BCUT2D eigenvalue weighted by Gasteiger charge is -2.15. The molecule has 1 aliphatic rings. The van der Waals surface area contributed by atoms with Crippen LogP contribution >= 0.6 is 0 Å². The first-order chi connectivity index (χ1) is 8.02. The molecule has 1 fully saturated rings. The highest BCUT2D eigenvalue weighted by Crippen LogP contribution is 2.25. The van der Waals surface area contributed by atoms with Crippen LogP contribution in [0, 0.1) is 11.8 Å². The highest BCUT2D eigenvalue weighted by molar-refractivity contribution is 5.75. The number of carboxylic acid groups (broad SMARTS) is 1. The van der Waals surface area contributed by atoms with Crippen molar-refractivity contribution in [1.29, 1.82) is 0 Å². The minimum Gasteiger partial charge on any atom is -0.481 e. The van der Waals surface area contributed by atoms with Crippen LogP contribution < -0.4 is 10.6 Å². The van der Waals surface area contributed by atoms with Crippen LogP contribution in [0.2, 0.25) is 0 Å². The second-order valence-corrected chi connectivity index (χ2v) is 4.91. The van der Waals surface area contributed by atoms with Crippen LogP contribution in [0.1, 0.15) is 39.5 Å². The summed E-state index contributed by atoms with van der Waals surface area (Å²) in [6, 6.07) is -0.172. The molecule has 0 bridgehead atoms. The fraction of sp³-hybridized carbons (Fsp3) is 0.833. The van der Waals surface area contributed by atoms with E-state index in [0.717, 1.165) is 12.8 Å². The first-order valence-electron chi connectivity index (χ1n) is 6.30. The van der Waals surface area contributed by atoms with Gasteiger partial charge < -0.3 is 15.7 Å². The lowest BCUT2D eigenvalue weighted by Crippen LogP contribution is -2.42. The van der Waals surface area contributed by atoms with Crippen molar-refractivity contribution in [2.45, 2.75) is 45.6 Å². The fourth-order valence-corrected chi connectivity index (χ4v) is 1.98. The molecule has 3 atom stereocenters. The van der Waals surface area contributed by atoms with E-state index in [0.29, 0.717) is 25.3 Å². The molecule has 3 unspecified atom stereocenters. The van der Waals surface area contributed by atoms with Crippen molar-refractivity contribution in [3.8, 4) is 0 Å². The van der Waals surface area contributed by atoms with E-state index in [1.54, 1.807) is 0 Å². The zero-order valence-electron chi connectivity index (χ0n) is 10.5. The number of rotatable bonds is 5. The quantitative estimate of drug-likeness (QED) is 0.685. The zero-order chi connectivity index (χ0) is 12.8. The molecule has 0 aromatic rings. The van der Waals surface area contributed by atoms with Crippen LogP contribution in [0.25, 0.3) is 0 Å². The van der Waals surface area contributed by atoms with Crippen LogP contribution in [0.5, 0.6) is 0 Å². The summed E-state index contributed by atoms with van der Waals surface area (Å²) >= 11 is 0. The highest BCUT2D eigenvalue weighted by Gasteiger charge is 2.30. The summed E-state index contributed by atoms with van der Waals surface area (Å²) in [5, 5.41) is 14.5. The molecule has 0 saturated heterocycles. The Morgan fingerprint density at radius 3 is 2.65 bits per heavy atom. The Hall–Kier alpha value is -1.26. The number of amides is 2. The number of carbonyl (C=O) groups excluding carboxylic acids is 1. The van der Waals surface area contributed by atoms with Crippen molar-refractivity contribution in [1.82, 2.24) is 10.6 Å². The number of nitrogens with one attached hydrogen (secondary N) is 2. The normalized spacial score (nSPS) is 25.3. The second kappa shape index (κ2) is 6.47. The van der Waals surface area contributed by atoms with Gasteiger partial charge in [0.15, 0.2) is 0 Å². The van der Waals surface area contributed by atoms with Crippen molar-refractivity contribution >= 4 is 12.0 Å². The largest absolute Gasteiger partial charge is 0.481 e. The van der Waals surface area contributed by atoms with E-state index in [9.17, 15) is 9.59 Å². The van der Waals surface area contributed by atoms with Gasteiger partial charge in [-0.3, -0.25) is 4.79 Å². The summed E-state index contributed by atoms with van der Waals surface area (Å²) in [4.78, 5) is 22.3. The Kier molecular flexibility index (Phi) is 5.25. The minimum atomic E-state index is -0.755. The Morgan fingerprint density at radius 2 is 2.12 bits per heavy atom. The SMILES string of the molecule is CCC(C)CNC(=O)NC1CCC(C(=O)O)C1. The minimum absolute atomic E-state index is 0.00744. The van der Waals surface area contributed by atoms with E-state index in [1.165, 1.54) is 0 Å². The molecule has 0 radical (unpaired) electrons. The molecule has 1 aliphatic carbocycles. The van der Waals surface area contributed by atoms with Gasteiger partial charge in [-0.15, -0.1) is 0 Å². The van der Waals surface area contributed by atoms with E-state index in [-0.39, 0.29) is 18.0 Å². The number of hydrogen-bond donors (Lipinski definition) is 3. The average molecular weight is 242 g/mol. The first-order valence-corrected chi connectivity index (χ1v) is 6.30. The van der Waals surface area contributed by atoms with E-state index in [2.05, 4.69) is 24.5 Å². The Morgan fingerprint density at radius 1 is 1.41 bits per heavy atom. The first kappa shape index (κ1) is 13.8. The summed E-state index contributed by atoms with van der Waals surface area (Å²) in [6.07, 6.45) is 3.00. The zero-order valence-corrected chi connectivity index (χ0v) is 10.5. The Labute approximate surface area is 102 Å². The maximum Gasteiger partial charge on any atom is 0.315 e. The number of aliphatic carboxylic acids is 1. The van der Waals surface area contributed by atoms with Crippen molar-refractivity contribution in [2.75, 3.05) is 6.54 Å². The molecule has 5 heteroatoms. The third kappa shape index (κ3) is 4.63. The molecule has 1 rings (SSSR count). The number of urea groups is 1. The van der Waals surface area contributed by atoms with Gasteiger partial charge in [-0.1, -0.05) is 20.3 Å². The Balaban J connectivity index is 2.22. The molecule has 5 nitrogen and oxygen atoms in total. The van der Waals surface area contributed by atoms with Crippen LogP contribution in [-0.2, 0) is 4.79 Å². The standard InChI is InChI=1S/C12H22N2O3/c1-3-8(2)7-13-12(17)14-10-5-4-9(6-10)11(15)16/h8-10H,3-7H2,1-2H3,(H,15,16)(H2,13,14,17). The molecular formula is C12H22N2O3. The molecule has 98 valence electrons. The number of carboxylic acids is 1. The van der Waals surface area contributed by atoms with Gasteiger partial charge >= 0.3 is 12.0 Å². The van der Waals surface area contributed by atoms with Crippen molar-refractivity contribution < 1.29 is 14.7 Å². The fourth-order valence-electron chi connectivity index (χ4n) is 1.98. The number of hydrogen-bond acceptors (Lipinski definition) is 2. The third-order valence-corrected chi connectivity index (χ3v) is 3.43. The molecule has 0 aromatic carbocycles. The van der Waals surface area contributed by atoms with Crippen molar-refractivity contribution in [3.63, 3.8) is 0 Å². The summed E-state index contributed by atoms with van der Waals surface area (Å²) < 4.78 is 0. The topological polar surface area (TPSA) is 78.4 Å². The van der Waals surface area contributed by atoms with Gasteiger partial charge in [-0.2, -0.15) is 0 Å². The van der Waals surface area contributed by atoms with Gasteiger partial charge in [-0.25, -0.2) is 4.79 Å². The van der Waals surface area contributed by atoms with Gasteiger partial charge in [0, 0.05) is 12.6 Å². The van der Waals surface area contributed by atoms with Crippen molar-refractivity contribution in [2.24, 2.45) is 11.8 Å². The van der Waals surface area contributed by atoms with Crippen LogP contribution in [0.3, 0.4) is 0 Å². The smallest absolute Gasteiger partial charge is 0.315 e. The maximum atomic E-state index is 11.5. The molecular weight excluding hydrogens is 220 g/mol. The van der Waals surface area contributed by atoms with Crippen molar-refractivity contribution in [3.05, 3.63) is 0 Å². The maximum absolute atomic E-state index is 11.5. The summed E-state index contributed by atoms with van der Waals surface area (Å²) in [7, 11) is 0.